The van der Waals surface area contributed by atoms with Gasteiger partial charge in [-0.25, -0.2) is 0 Å². The van der Waals surface area contributed by atoms with E-state index in [9.17, 15) is 0 Å². The fourth-order valence-corrected chi connectivity index (χ4v) is 8.20. The SMILES string of the molecule is c1ccc(-c2c(-c3ccccc3)n(-c3ccccc3)c3ccc(-c4cccc5c(N(c6ccccc6)c6cccc7ccccc67)cccc45)cc23)cc1. The number of para-hydroxylation sites is 2. The van der Waals surface area contributed by atoms with Crippen molar-refractivity contribution in [3.63, 3.8) is 0 Å². The lowest BCUT2D eigenvalue weighted by Crippen LogP contribution is -2.11. The fourth-order valence-electron chi connectivity index (χ4n) is 8.20. The summed E-state index contributed by atoms with van der Waals surface area (Å²) >= 11 is 0. The van der Waals surface area contributed by atoms with Crippen molar-refractivity contribution in [3.05, 3.63) is 218 Å². The summed E-state index contributed by atoms with van der Waals surface area (Å²) in [6.45, 7) is 0. The molecule has 0 atom stereocenters. The van der Waals surface area contributed by atoms with E-state index in [4.69, 9.17) is 0 Å². The molecule has 0 fully saturated rings. The summed E-state index contributed by atoms with van der Waals surface area (Å²) in [6, 6.07) is 78.8. The summed E-state index contributed by atoms with van der Waals surface area (Å²) in [5.74, 6) is 0. The van der Waals surface area contributed by atoms with Gasteiger partial charge in [0.15, 0.2) is 0 Å². The zero-order valence-electron chi connectivity index (χ0n) is 29.7. The van der Waals surface area contributed by atoms with Crippen molar-refractivity contribution in [1.29, 1.82) is 0 Å². The second kappa shape index (κ2) is 13.4. The first-order chi connectivity index (χ1) is 26.8. The maximum atomic E-state index is 2.43. The van der Waals surface area contributed by atoms with Crippen molar-refractivity contribution in [2.75, 3.05) is 4.90 Å². The highest BCUT2D eigenvalue weighted by Crippen LogP contribution is 2.46. The van der Waals surface area contributed by atoms with Crippen LogP contribution in [0.1, 0.15) is 0 Å². The molecule has 0 N–H and O–H groups in total. The molecule has 2 nitrogen and oxygen atoms in total. The lowest BCUT2D eigenvalue weighted by atomic mass is 9.93. The molecule has 0 bridgehead atoms. The largest absolute Gasteiger partial charge is 0.309 e. The molecule has 1 heterocycles. The molecule has 0 saturated carbocycles. The van der Waals surface area contributed by atoms with Gasteiger partial charge in [0.2, 0.25) is 0 Å². The third-order valence-electron chi connectivity index (χ3n) is 10.6. The molecule has 2 heteroatoms. The molecule has 254 valence electrons. The van der Waals surface area contributed by atoms with E-state index in [-0.39, 0.29) is 0 Å². The summed E-state index contributed by atoms with van der Waals surface area (Å²) in [5, 5.41) is 6.06. The number of hydrogen-bond donors (Lipinski definition) is 0. The summed E-state index contributed by atoms with van der Waals surface area (Å²) < 4.78 is 2.43. The first-order valence-electron chi connectivity index (χ1n) is 18.5. The highest BCUT2D eigenvalue weighted by molar-refractivity contribution is 6.11. The quantitative estimate of drug-likeness (QED) is 0.162. The summed E-state index contributed by atoms with van der Waals surface area (Å²) in [7, 11) is 0. The van der Waals surface area contributed by atoms with Gasteiger partial charge in [0, 0.05) is 33.1 Å². The van der Waals surface area contributed by atoms with Crippen LogP contribution in [0.3, 0.4) is 0 Å². The normalized spacial score (nSPS) is 11.3. The highest BCUT2D eigenvalue weighted by atomic mass is 15.1. The molecule has 0 spiro atoms. The van der Waals surface area contributed by atoms with E-state index in [1.807, 2.05) is 0 Å². The van der Waals surface area contributed by atoms with E-state index < -0.39 is 0 Å². The minimum Gasteiger partial charge on any atom is -0.309 e. The van der Waals surface area contributed by atoms with Crippen LogP contribution in [0, 0.1) is 0 Å². The van der Waals surface area contributed by atoms with Crippen LogP contribution in [0.25, 0.3) is 71.6 Å². The molecule has 0 amide bonds. The monoisotopic (exact) mass is 688 g/mol. The topological polar surface area (TPSA) is 8.17 Å². The maximum absolute atomic E-state index is 2.43. The third-order valence-corrected chi connectivity index (χ3v) is 10.6. The second-order valence-corrected chi connectivity index (χ2v) is 13.7. The minimum absolute atomic E-state index is 1.12. The fraction of sp³-hybridized carbons (Fsp3) is 0. The molecule has 0 radical (unpaired) electrons. The summed E-state index contributed by atoms with van der Waals surface area (Å²) in [6.07, 6.45) is 0. The number of fused-ring (bicyclic) bond motifs is 3. The van der Waals surface area contributed by atoms with Crippen LogP contribution in [0.4, 0.5) is 17.1 Å². The molecular weight excluding hydrogens is 653 g/mol. The van der Waals surface area contributed by atoms with Crippen LogP contribution in [0.2, 0.25) is 0 Å². The molecule has 0 unspecified atom stereocenters. The molecule has 0 aliphatic carbocycles. The third kappa shape index (κ3) is 5.36. The molecular formula is C52H36N2. The van der Waals surface area contributed by atoms with E-state index in [0.717, 1.165) is 22.7 Å². The molecule has 9 aromatic carbocycles. The van der Waals surface area contributed by atoms with Gasteiger partial charge in [0.05, 0.1) is 22.6 Å². The van der Waals surface area contributed by atoms with Crippen molar-refractivity contribution < 1.29 is 0 Å². The lowest BCUT2D eigenvalue weighted by Gasteiger charge is -2.28. The molecule has 0 aliphatic heterocycles. The number of benzene rings is 9. The van der Waals surface area contributed by atoms with Gasteiger partial charge in [-0.15, -0.1) is 0 Å². The van der Waals surface area contributed by atoms with Crippen molar-refractivity contribution in [1.82, 2.24) is 4.57 Å². The van der Waals surface area contributed by atoms with Crippen LogP contribution in [0.5, 0.6) is 0 Å². The van der Waals surface area contributed by atoms with Gasteiger partial charge in [-0.2, -0.15) is 0 Å². The van der Waals surface area contributed by atoms with Gasteiger partial charge in [-0.05, 0) is 81.6 Å². The Balaban J connectivity index is 1.23. The zero-order valence-corrected chi connectivity index (χ0v) is 29.7. The Labute approximate surface area is 315 Å². The Bertz CT molecular complexity index is 2910. The van der Waals surface area contributed by atoms with E-state index in [0.29, 0.717) is 0 Å². The average molecular weight is 689 g/mol. The van der Waals surface area contributed by atoms with Gasteiger partial charge in [-0.3, -0.25) is 0 Å². The van der Waals surface area contributed by atoms with Crippen LogP contribution < -0.4 is 4.90 Å². The molecule has 0 saturated heterocycles. The van der Waals surface area contributed by atoms with Gasteiger partial charge < -0.3 is 9.47 Å². The van der Waals surface area contributed by atoms with Crippen molar-refractivity contribution in [2.45, 2.75) is 0 Å². The number of anilines is 3. The number of hydrogen-bond acceptors (Lipinski definition) is 1. The Morgan fingerprint density at radius 1 is 0.352 bits per heavy atom. The Morgan fingerprint density at radius 3 is 1.67 bits per heavy atom. The summed E-state index contributed by atoms with van der Waals surface area (Å²) in [4.78, 5) is 2.41. The first-order valence-corrected chi connectivity index (χ1v) is 18.5. The molecule has 10 aromatic rings. The standard InChI is InChI=1S/C52H36N2/c1-5-19-38(20-6-1)51-47-36-40(34-35-50(47)54(42-26-11-4-12-27-42)52(51)39-21-7-2-8-22-39)43-29-16-31-46-45(43)30-17-33-49(46)53(41-24-9-3-10-25-41)48-32-15-23-37-18-13-14-28-44(37)48/h1-36H. The number of nitrogens with zero attached hydrogens (tertiary/aromatic N) is 2. The minimum atomic E-state index is 1.12. The van der Waals surface area contributed by atoms with Crippen LogP contribution in [-0.4, -0.2) is 4.57 Å². The average Bonchev–Trinajstić information content (AvgIpc) is 3.60. The predicted molar refractivity (Wildman–Crippen MR) is 229 cm³/mol. The summed E-state index contributed by atoms with van der Waals surface area (Å²) in [5.41, 5.74) is 12.9. The zero-order chi connectivity index (χ0) is 35.8. The van der Waals surface area contributed by atoms with E-state index in [1.54, 1.807) is 0 Å². The van der Waals surface area contributed by atoms with E-state index in [1.165, 1.54) is 66.0 Å². The van der Waals surface area contributed by atoms with Crippen molar-refractivity contribution in [3.8, 4) is 39.2 Å². The van der Waals surface area contributed by atoms with E-state index >= 15 is 0 Å². The van der Waals surface area contributed by atoms with Gasteiger partial charge in [0.1, 0.15) is 0 Å². The molecule has 1 aromatic heterocycles. The van der Waals surface area contributed by atoms with Gasteiger partial charge >= 0.3 is 0 Å². The van der Waals surface area contributed by atoms with Gasteiger partial charge in [0.25, 0.3) is 0 Å². The number of rotatable bonds is 7. The van der Waals surface area contributed by atoms with Crippen molar-refractivity contribution >= 4 is 49.5 Å². The smallest absolute Gasteiger partial charge is 0.0619 e. The van der Waals surface area contributed by atoms with Crippen molar-refractivity contribution in [2.24, 2.45) is 0 Å². The van der Waals surface area contributed by atoms with Gasteiger partial charge in [-0.1, -0.05) is 170 Å². The van der Waals surface area contributed by atoms with Crippen LogP contribution >= 0.6 is 0 Å². The second-order valence-electron chi connectivity index (χ2n) is 13.7. The maximum Gasteiger partial charge on any atom is 0.0619 e. The molecule has 54 heavy (non-hydrogen) atoms. The predicted octanol–water partition coefficient (Wildman–Crippen LogP) is 14.4. The highest BCUT2D eigenvalue weighted by Gasteiger charge is 2.23. The van der Waals surface area contributed by atoms with Crippen LogP contribution in [0.15, 0.2) is 218 Å². The molecule has 10 rings (SSSR count). The first kappa shape index (κ1) is 31.6. The van der Waals surface area contributed by atoms with Crippen LogP contribution in [-0.2, 0) is 0 Å². The molecule has 0 aliphatic rings. The number of aromatic nitrogens is 1. The Morgan fingerprint density at radius 2 is 0.907 bits per heavy atom. The Hall–Kier alpha value is -7.16. The van der Waals surface area contributed by atoms with E-state index in [2.05, 4.69) is 228 Å². The Kier molecular flexibility index (Phi) is 7.85. The lowest BCUT2D eigenvalue weighted by molar-refractivity contribution is 1.13.